The first-order valence-electron chi connectivity index (χ1n) is 32.2. The Kier molecular flexibility index (Phi) is 11.4. The third kappa shape index (κ3) is 7.98. The number of nitrogens with zero attached hydrogens (tertiary/aromatic N) is 6. The fraction of sp³-hybridized carbons (Fsp3) is 0.0690. The van der Waals surface area contributed by atoms with Crippen LogP contribution in [0.3, 0.4) is 0 Å². The molecule has 0 unspecified atom stereocenters. The van der Waals surface area contributed by atoms with E-state index < -0.39 is 0 Å². The highest BCUT2D eigenvalue weighted by Crippen LogP contribution is 2.52. The average Bonchev–Trinajstić information content (AvgIpc) is 1.59. The molecule has 0 saturated heterocycles. The lowest BCUT2D eigenvalue weighted by atomic mass is 9.82. The summed E-state index contributed by atoms with van der Waals surface area (Å²) < 4.78 is 7.37. The summed E-state index contributed by atoms with van der Waals surface area (Å²) in [7, 11) is 0. The summed E-state index contributed by atoms with van der Waals surface area (Å²) in [4.78, 5) is 15.2. The molecule has 0 spiro atoms. The Bertz CT molecular complexity index is 5640. The second-order valence-electron chi connectivity index (χ2n) is 26.4. The van der Waals surface area contributed by atoms with Gasteiger partial charge in [0, 0.05) is 76.9 Å². The molecular formula is C87H60N6. The molecule has 4 heterocycles. The lowest BCUT2D eigenvalue weighted by molar-refractivity contribution is 0.660. The van der Waals surface area contributed by atoms with E-state index in [4.69, 9.17) is 15.0 Å². The molecule has 13 aromatic carbocycles. The Morgan fingerprint density at radius 1 is 0.215 bits per heavy atom. The smallest absolute Gasteiger partial charge is 0.164 e. The van der Waals surface area contributed by atoms with Crippen molar-refractivity contribution in [3.05, 3.63) is 313 Å². The molecule has 0 radical (unpaired) electrons. The van der Waals surface area contributed by atoms with Gasteiger partial charge in [-0.25, -0.2) is 15.0 Å². The van der Waals surface area contributed by atoms with E-state index in [1.165, 1.54) is 110 Å². The molecule has 0 aliphatic heterocycles. The summed E-state index contributed by atoms with van der Waals surface area (Å²) in [5.74, 6) is 1.88. The predicted molar refractivity (Wildman–Crippen MR) is 385 cm³/mol. The molecule has 0 atom stereocenters. The van der Waals surface area contributed by atoms with Crippen molar-refractivity contribution in [1.29, 1.82) is 0 Å². The normalized spacial score (nSPS) is 13.5. The van der Waals surface area contributed by atoms with Crippen LogP contribution in [-0.4, -0.2) is 28.7 Å². The Hall–Kier alpha value is -11.7. The van der Waals surface area contributed by atoms with Crippen LogP contribution < -0.4 is 0 Å². The van der Waals surface area contributed by atoms with Gasteiger partial charge in [-0.3, -0.25) is 0 Å². The van der Waals surface area contributed by atoms with Crippen molar-refractivity contribution in [2.75, 3.05) is 0 Å². The van der Waals surface area contributed by atoms with Crippen molar-refractivity contribution in [2.24, 2.45) is 0 Å². The number of aromatic nitrogens is 6. The highest BCUT2D eigenvalue weighted by Gasteiger charge is 2.37. The van der Waals surface area contributed by atoms with Crippen molar-refractivity contribution in [1.82, 2.24) is 28.7 Å². The fourth-order valence-electron chi connectivity index (χ4n) is 15.9. The van der Waals surface area contributed by atoms with Crippen LogP contribution in [0.15, 0.2) is 291 Å². The van der Waals surface area contributed by atoms with Gasteiger partial charge < -0.3 is 13.7 Å². The third-order valence-electron chi connectivity index (χ3n) is 20.5. The van der Waals surface area contributed by atoms with Crippen LogP contribution in [0, 0.1) is 0 Å². The van der Waals surface area contributed by atoms with Gasteiger partial charge in [0.1, 0.15) is 0 Å². The van der Waals surface area contributed by atoms with Crippen molar-refractivity contribution >= 4 is 65.4 Å². The minimum Gasteiger partial charge on any atom is -0.309 e. The van der Waals surface area contributed by atoms with E-state index in [1.54, 1.807) is 0 Å². The number of fused-ring (bicyclic) bond motifs is 15. The van der Waals surface area contributed by atoms with E-state index in [-0.39, 0.29) is 10.8 Å². The molecule has 0 saturated carbocycles. The number of para-hydroxylation sites is 2. The number of hydrogen-bond donors (Lipinski definition) is 0. The maximum absolute atomic E-state index is 5.12. The topological polar surface area (TPSA) is 53.5 Å². The van der Waals surface area contributed by atoms with Crippen LogP contribution in [0.2, 0.25) is 0 Å². The molecule has 6 nitrogen and oxygen atoms in total. The zero-order valence-electron chi connectivity index (χ0n) is 51.9. The quantitative estimate of drug-likeness (QED) is 0.152. The Morgan fingerprint density at radius 3 is 1.00 bits per heavy atom. The maximum Gasteiger partial charge on any atom is 0.164 e. The molecule has 93 heavy (non-hydrogen) atoms. The zero-order chi connectivity index (χ0) is 61.8. The van der Waals surface area contributed by atoms with Gasteiger partial charge in [-0.2, -0.15) is 0 Å². The third-order valence-corrected chi connectivity index (χ3v) is 20.5. The van der Waals surface area contributed by atoms with Gasteiger partial charge in [-0.15, -0.1) is 0 Å². The van der Waals surface area contributed by atoms with Crippen LogP contribution in [0.1, 0.15) is 49.9 Å². The largest absolute Gasteiger partial charge is 0.309 e. The molecule has 2 aliphatic rings. The molecule has 438 valence electrons. The predicted octanol–water partition coefficient (Wildman–Crippen LogP) is 22.1. The molecule has 0 fully saturated rings. The fourth-order valence-corrected chi connectivity index (χ4v) is 15.9. The van der Waals surface area contributed by atoms with Crippen LogP contribution in [-0.2, 0) is 10.8 Å². The highest BCUT2D eigenvalue weighted by molar-refractivity contribution is 6.14. The molecule has 4 aromatic heterocycles. The molecule has 19 rings (SSSR count). The van der Waals surface area contributed by atoms with Gasteiger partial charge in [-0.1, -0.05) is 222 Å². The van der Waals surface area contributed by atoms with Crippen LogP contribution in [0.25, 0.3) is 161 Å². The van der Waals surface area contributed by atoms with E-state index in [1.807, 2.05) is 36.4 Å². The minimum atomic E-state index is -0.112. The van der Waals surface area contributed by atoms with Gasteiger partial charge in [0.05, 0.1) is 33.1 Å². The SMILES string of the molecule is CC1(C)c2ccccc2-c2ccc(-n3c4ccccc4c4cc(-c5ccc6c7ccc(-c8ccc9c(c8)c8ccccc8n9-c8ccc9c(c8)C(C)(C)c8ccccc8-9)cc7n(-c7ccc(-c8nc(-c9ccccc9)nc(-c9ccccc9)n8)cc7)c6c5)ccc43)cc21. The first-order valence-corrected chi connectivity index (χ1v) is 32.2. The van der Waals surface area contributed by atoms with E-state index in [2.05, 4.69) is 296 Å². The van der Waals surface area contributed by atoms with E-state index in [9.17, 15) is 0 Å². The Balaban J connectivity index is 0.763. The minimum absolute atomic E-state index is 0.112. The summed E-state index contributed by atoms with van der Waals surface area (Å²) in [6, 6.07) is 107. The molecule has 6 heteroatoms. The molecule has 0 amide bonds. The standard InChI is InChI=1S/C87H60N6/c1-86(2)73-27-15-11-23-63(73)65-43-39-61(51-75(65)86)92-77-29-17-13-25-67(77)71-47-56(35-45-79(71)92)58-33-41-69-70-42-34-59(57-36-46-80-72(48-57)68-26-14-18-30-78(68)93(80)62-40-44-66-64-24-12-16-28-74(64)87(3,4)76(66)52-62)50-82(70)91(81(69)49-58)60-37-31-55(32-38-60)85-89-83(53-19-7-5-8-20-53)88-84(90-85)54-21-9-6-10-22-54/h5-52H,1-4H3. The maximum atomic E-state index is 5.12. The van der Waals surface area contributed by atoms with Crippen molar-refractivity contribution in [3.8, 4) is 95.7 Å². The van der Waals surface area contributed by atoms with Crippen molar-refractivity contribution in [3.63, 3.8) is 0 Å². The van der Waals surface area contributed by atoms with Crippen LogP contribution in [0.4, 0.5) is 0 Å². The summed E-state index contributed by atoms with van der Waals surface area (Å²) in [6.45, 7) is 9.45. The van der Waals surface area contributed by atoms with Gasteiger partial charge in [0.25, 0.3) is 0 Å². The number of benzene rings is 13. The molecule has 2 aliphatic carbocycles. The van der Waals surface area contributed by atoms with Gasteiger partial charge in [0.15, 0.2) is 17.5 Å². The van der Waals surface area contributed by atoms with Crippen molar-refractivity contribution in [2.45, 2.75) is 38.5 Å². The zero-order valence-corrected chi connectivity index (χ0v) is 51.9. The van der Waals surface area contributed by atoms with Crippen LogP contribution in [0.5, 0.6) is 0 Å². The Morgan fingerprint density at radius 2 is 0.538 bits per heavy atom. The second kappa shape index (κ2) is 19.9. The first-order chi connectivity index (χ1) is 45.6. The van der Waals surface area contributed by atoms with Crippen LogP contribution >= 0.6 is 0 Å². The summed E-state index contributed by atoms with van der Waals surface area (Å²) >= 11 is 0. The lowest BCUT2D eigenvalue weighted by Gasteiger charge is -2.22. The summed E-state index contributed by atoms with van der Waals surface area (Å²) in [5, 5.41) is 7.26. The van der Waals surface area contributed by atoms with E-state index in [0.717, 1.165) is 55.7 Å². The van der Waals surface area contributed by atoms with E-state index in [0.29, 0.717) is 17.5 Å². The van der Waals surface area contributed by atoms with Crippen molar-refractivity contribution < 1.29 is 0 Å². The summed E-state index contributed by atoms with van der Waals surface area (Å²) in [6.07, 6.45) is 0. The highest BCUT2D eigenvalue weighted by atomic mass is 15.0. The van der Waals surface area contributed by atoms with Gasteiger partial charge >= 0.3 is 0 Å². The number of rotatable bonds is 8. The lowest BCUT2D eigenvalue weighted by Crippen LogP contribution is -2.15. The second-order valence-corrected chi connectivity index (χ2v) is 26.4. The average molecular weight is 1190 g/mol. The van der Waals surface area contributed by atoms with E-state index >= 15 is 0 Å². The molecule has 0 N–H and O–H groups in total. The Labute approximate surface area is 538 Å². The first kappa shape index (κ1) is 53.1. The molecular weight excluding hydrogens is 1130 g/mol. The van der Waals surface area contributed by atoms with Gasteiger partial charge in [-0.05, 0) is 164 Å². The monoisotopic (exact) mass is 1190 g/mol. The summed E-state index contributed by atoms with van der Waals surface area (Å²) in [5.41, 5.74) is 28.3. The van der Waals surface area contributed by atoms with Gasteiger partial charge in [0.2, 0.25) is 0 Å². The molecule has 0 bridgehead atoms. The number of hydrogen-bond acceptors (Lipinski definition) is 3. The molecule has 17 aromatic rings.